The van der Waals surface area contributed by atoms with Crippen molar-refractivity contribution in [3.8, 4) is 17.0 Å². The number of benzene rings is 2. The number of halogens is 1. The fraction of sp³-hybridized carbons (Fsp3) is 0.143. The second kappa shape index (κ2) is 8.83. The van der Waals surface area contributed by atoms with Gasteiger partial charge >= 0.3 is 0 Å². The van der Waals surface area contributed by atoms with Crippen molar-refractivity contribution < 1.29 is 17.9 Å². The number of hydrogen-bond acceptors (Lipinski definition) is 5. The Morgan fingerprint density at radius 3 is 2.33 bits per heavy atom. The summed E-state index contributed by atoms with van der Waals surface area (Å²) in [6, 6.07) is 14.6. The fourth-order valence-corrected chi connectivity index (χ4v) is 3.81. The minimum Gasteiger partial charge on any atom is -0.481 e. The van der Waals surface area contributed by atoms with Gasteiger partial charge in [-0.3, -0.25) is 4.79 Å². The SMILES string of the molecule is COc1ccc(NC(=O)c2ccc(Cl)c(-c3ccc(S(=O)(=O)N(C)C)cc3)c2)cn1. The molecule has 0 saturated heterocycles. The number of sulfonamides is 1. The van der Waals surface area contributed by atoms with Gasteiger partial charge in [-0.05, 0) is 42.0 Å². The Balaban J connectivity index is 1.86. The normalized spacial score (nSPS) is 11.4. The van der Waals surface area contributed by atoms with Crippen LogP contribution in [0.3, 0.4) is 0 Å². The molecule has 1 aromatic heterocycles. The molecule has 1 heterocycles. The minimum absolute atomic E-state index is 0.174. The minimum atomic E-state index is -3.53. The first kappa shape index (κ1) is 21.8. The standard InChI is InChI=1S/C21H20ClN3O4S/c1-25(2)30(27,28)17-8-4-14(5-9-17)18-12-15(6-10-19(18)22)21(26)24-16-7-11-20(29-3)23-13-16/h4-13H,1-3H3,(H,24,26). The Labute approximate surface area is 180 Å². The van der Waals surface area contributed by atoms with Crippen LogP contribution in [-0.2, 0) is 10.0 Å². The fourth-order valence-electron chi connectivity index (χ4n) is 2.68. The Hall–Kier alpha value is -2.94. The maximum absolute atomic E-state index is 12.6. The summed E-state index contributed by atoms with van der Waals surface area (Å²) in [4.78, 5) is 16.9. The van der Waals surface area contributed by atoms with E-state index in [0.717, 1.165) is 4.31 Å². The van der Waals surface area contributed by atoms with Crippen LogP contribution in [0.1, 0.15) is 10.4 Å². The monoisotopic (exact) mass is 445 g/mol. The van der Waals surface area contributed by atoms with Crippen LogP contribution < -0.4 is 10.1 Å². The van der Waals surface area contributed by atoms with Crippen LogP contribution in [0.5, 0.6) is 5.88 Å². The van der Waals surface area contributed by atoms with Gasteiger partial charge in [0.25, 0.3) is 5.91 Å². The smallest absolute Gasteiger partial charge is 0.255 e. The zero-order valence-corrected chi connectivity index (χ0v) is 18.2. The predicted molar refractivity (Wildman–Crippen MR) is 117 cm³/mol. The summed E-state index contributed by atoms with van der Waals surface area (Å²) < 4.78 is 30.6. The molecule has 7 nitrogen and oxygen atoms in total. The molecule has 0 atom stereocenters. The van der Waals surface area contributed by atoms with Crippen LogP contribution in [0, 0.1) is 0 Å². The summed E-state index contributed by atoms with van der Waals surface area (Å²) in [5.74, 6) is 0.119. The summed E-state index contributed by atoms with van der Waals surface area (Å²) in [6.45, 7) is 0. The van der Waals surface area contributed by atoms with Gasteiger partial charge in [-0.1, -0.05) is 23.7 Å². The van der Waals surface area contributed by atoms with E-state index in [2.05, 4.69) is 10.3 Å². The molecular formula is C21H20ClN3O4S. The largest absolute Gasteiger partial charge is 0.481 e. The second-order valence-electron chi connectivity index (χ2n) is 6.55. The number of methoxy groups -OCH3 is 1. The van der Waals surface area contributed by atoms with Gasteiger partial charge in [0.1, 0.15) is 0 Å². The van der Waals surface area contributed by atoms with Crippen LogP contribution in [0.4, 0.5) is 5.69 Å². The third-order valence-electron chi connectivity index (χ3n) is 4.38. The zero-order valence-electron chi connectivity index (χ0n) is 16.6. The lowest BCUT2D eigenvalue weighted by Crippen LogP contribution is -2.22. The number of nitrogens with zero attached hydrogens (tertiary/aromatic N) is 2. The van der Waals surface area contributed by atoms with Gasteiger partial charge in [-0.15, -0.1) is 0 Å². The average Bonchev–Trinajstić information content (AvgIpc) is 2.74. The summed E-state index contributed by atoms with van der Waals surface area (Å²) in [7, 11) is 0.932. The van der Waals surface area contributed by atoms with Crippen LogP contribution in [-0.4, -0.2) is 44.8 Å². The highest BCUT2D eigenvalue weighted by molar-refractivity contribution is 7.89. The second-order valence-corrected chi connectivity index (χ2v) is 9.11. The van der Waals surface area contributed by atoms with Crippen molar-refractivity contribution in [2.45, 2.75) is 4.90 Å². The number of carbonyl (C=O) groups is 1. The molecule has 0 fully saturated rings. The van der Waals surface area contributed by atoms with Crippen molar-refractivity contribution in [1.82, 2.24) is 9.29 Å². The molecule has 1 N–H and O–H groups in total. The van der Waals surface area contributed by atoms with Gasteiger partial charge < -0.3 is 10.1 Å². The molecule has 9 heteroatoms. The number of pyridine rings is 1. The maximum atomic E-state index is 12.6. The number of nitrogens with one attached hydrogen (secondary N) is 1. The van der Waals surface area contributed by atoms with E-state index in [1.54, 1.807) is 42.5 Å². The molecule has 1 amide bonds. The predicted octanol–water partition coefficient (Wildman–Crippen LogP) is 3.91. The molecule has 30 heavy (non-hydrogen) atoms. The van der Waals surface area contributed by atoms with E-state index in [0.29, 0.717) is 33.3 Å². The topological polar surface area (TPSA) is 88.6 Å². The van der Waals surface area contributed by atoms with Crippen molar-refractivity contribution in [2.24, 2.45) is 0 Å². The zero-order chi connectivity index (χ0) is 21.9. The number of amides is 1. The highest BCUT2D eigenvalue weighted by Crippen LogP contribution is 2.30. The first-order valence-electron chi connectivity index (χ1n) is 8.86. The third-order valence-corrected chi connectivity index (χ3v) is 6.53. The van der Waals surface area contributed by atoms with Crippen LogP contribution in [0.25, 0.3) is 11.1 Å². The van der Waals surface area contributed by atoms with Gasteiger partial charge in [0.15, 0.2) is 0 Å². The van der Waals surface area contributed by atoms with Crippen molar-refractivity contribution in [2.75, 3.05) is 26.5 Å². The number of rotatable bonds is 6. The lowest BCUT2D eigenvalue weighted by molar-refractivity contribution is 0.102. The van der Waals surface area contributed by atoms with E-state index < -0.39 is 10.0 Å². The molecule has 0 unspecified atom stereocenters. The molecule has 0 aliphatic heterocycles. The molecule has 0 aliphatic rings. The molecule has 156 valence electrons. The van der Waals surface area contributed by atoms with Crippen molar-refractivity contribution in [3.05, 3.63) is 71.4 Å². The van der Waals surface area contributed by atoms with Crippen molar-refractivity contribution in [3.63, 3.8) is 0 Å². The quantitative estimate of drug-likeness (QED) is 0.621. The van der Waals surface area contributed by atoms with Crippen LogP contribution >= 0.6 is 11.6 Å². The Morgan fingerprint density at radius 2 is 1.77 bits per heavy atom. The van der Waals surface area contributed by atoms with E-state index >= 15 is 0 Å². The first-order valence-corrected chi connectivity index (χ1v) is 10.7. The molecule has 2 aromatic carbocycles. The lowest BCUT2D eigenvalue weighted by Gasteiger charge is -2.12. The molecular weight excluding hydrogens is 426 g/mol. The van der Waals surface area contributed by atoms with Gasteiger partial charge in [0, 0.05) is 36.3 Å². The molecule has 0 aliphatic carbocycles. The van der Waals surface area contributed by atoms with E-state index in [1.165, 1.54) is 39.5 Å². The number of ether oxygens (including phenoxy) is 1. The van der Waals surface area contributed by atoms with E-state index in [4.69, 9.17) is 16.3 Å². The van der Waals surface area contributed by atoms with Crippen LogP contribution in [0.2, 0.25) is 5.02 Å². The van der Waals surface area contributed by atoms with Crippen LogP contribution in [0.15, 0.2) is 65.7 Å². The van der Waals surface area contributed by atoms with Gasteiger partial charge in [-0.25, -0.2) is 17.7 Å². The van der Waals surface area contributed by atoms with Crippen molar-refractivity contribution in [1.29, 1.82) is 0 Å². The lowest BCUT2D eigenvalue weighted by atomic mass is 10.0. The summed E-state index contributed by atoms with van der Waals surface area (Å²) in [5.41, 5.74) is 2.23. The third kappa shape index (κ3) is 4.62. The molecule has 0 spiro atoms. The van der Waals surface area contributed by atoms with Gasteiger partial charge in [-0.2, -0.15) is 0 Å². The van der Waals surface area contributed by atoms with E-state index in [-0.39, 0.29) is 10.8 Å². The van der Waals surface area contributed by atoms with Crippen molar-refractivity contribution >= 4 is 33.2 Å². The molecule has 3 rings (SSSR count). The molecule has 0 radical (unpaired) electrons. The van der Waals surface area contributed by atoms with Gasteiger partial charge in [0.2, 0.25) is 15.9 Å². The highest BCUT2D eigenvalue weighted by atomic mass is 35.5. The summed E-state index contributed by atoms with van der Waals surface area (Å²) >= 11 is 6.33. The Kier molecular flexibility index (Phi) is 6.40. The summed E-state index contributed by atoms with van der Waals surface area (Å²) in [5, 5.41) is 3.21. The molecule has 0 bridgehead atoms. The number of carbonyl (C=O) groups excluding carboxylic acids is 1. The first-order chi connectivity index (χ1) is 14.2. The van der Waals surface area contributed by atoms with E-state index in [9.17, 15) is 13.2 Å². The highest BCUT2D eigenvalue weighted by Gasteiger charge is 2.17. The average molecular weight is 446 g/mol. The molecule has 3 aromatic rings. The number of hydrogen-bond donors (Lipinski definition) is 1. The number of anilines is 1. The van der Waals surface area contributed by atoms with E-state index in [1.807, 2.05) is 0 Å². The Bertz CT molecular complexity index is 1160. The number of aromatic nitrogens is 1. The summed E-state index contributed by atoms with van der Waals surface area (Å²) in [6.07, 6.45) is 1.50. The maximum Gasteiger partial charge on any atom is 0.255 e. The Morgan fingerprint density at radius 1 is 1.07 bits per heavy atom. The van der Waals surface area contributed by atoms with Gasteiger partial charge in [0.05, 0.1) is 23.9 Å². The molecule has 0 saturated carbocycles.